The molecule has 0 aliphatic heterocycles. The van der Waals surface area contributed by atoms with E-state index >= 15 is 0 Å². The molecule has 26 heavy (non-hydrogen) atoms. The number of rotatable bonds is 4. The number of thioether (sulfide) groups is 1. The topological polar surface area (TPSA) is 58.7 Å². The minimum Gasteiger partial charge on any atom is -0.268 e. The van der Waals surface area contributed by atoms with E-state index in [1.807, 2.05) is 66.0 Å². The maximum Gasteiger partial charge on any atom is 0.268 e. The van der Waals surface area contributed by atoms with Crippen molar-refractivity contribution in [1.82, 2.24) is 9.55 Å². The summed E-state index contributed by atoms with van der Waals surface area (Å²) >= 11 is 2.73. The van der Waals surface area contributed by atoms with Crippen molar-refractivity contribution < 1.29 is 0 Å². The number of hydrogen-bond acceptors (Lipinski definition) is 5. The summed E-state index contributed by atoms with van der Waals surface area (Å²) in [4.78, 5) is 18.8. The van der Waals surface area contributed by atoms with Gasteiger partial charge in [0.05, 0.1) is 22.9 Å². The van der Waals surface area contributed by atoms with Gasteiger partial charge in [-0.2, -0.15) is 5.26 Å². The van der Waals surface area contributed by atoms with Crippen molar-refractivity contribution in [1.29, 1.82) is 5.26 Å². The smallest absolute Gasteiger partial charge is 0.268 e. The number of nitriles is 1. The molecule has 0 spiro atoms. The molecule has 0 aliphatic carbocycles. The van der Waals surface area contributed by atoms with E-state index in [4.69, 9.17) is 5.26 Å². The summed E-state index contributed by atoms with van der Waals surface area (Å²) < 4.78 is 1.60. The van der Waals surface area contributed by atoms with Crippen LogP contribution in [0.15, 0.2) is 76.0 Å². The third-order valence-electron chi connectivity index (χ3n) is 3.94. The van der Waals surface area contributed by atoms with Gasteiger partial charge in [0, 0.05) is 10.9 Å². The molecule has 0 unspecified atom stereocenters. The maximum absolute atomic E-state index is 13.4. The second-order valence-corrected chi connectivity index (χ2v) is 7.31. The van der Waals surface area contributed by atoms with E-state index in [2.05, 4.69) is 11.1 Å². The predicted molar refractivity (Wildman–Crippen MR) is 107 cm³/mol. The zero-order valence-corrected chi connectivity index (χ0v) is 15.3. The van der Waals surface area contributed by atoms with Crippen molar-refractivity contribution in [2.75, 3.05) is 5.75 Å². The van der Waals surface area contributed by atoms with Crippen LogP contribution in [0.5, 0.6) is 0 Å². The van der Waals surface area contributed by atoms with Crippen LogP contribution in [-0.2, 0) is 0 Å². The Morgan fingerprint density at radius 1 is 1.08 bits per heavy atom. The van der Waals surface area contributed by atoms with Gasteiger partial charge in [-0.1, -0.05) is 60.3 Å². The van der Waals surface area contributed by atoms with Gasteiger partial charge in [-0.25, -0.2) is 4.98 Å². The van der Waals surface area contributed by atoms with Crippen LogP contribution >= 0.6 is 23.1 Å². The third kappa shape index (κ3) is 2.92. The molecule has 4 aromatic rings. The summed E-state index contributed by atoms with van der Waals surface area (Å²) in [5.74, 6) is 0.238. The molecule has 0 atom stereocenters. The van der Waals surface area contributed by atoms with Crippen LogP contribution in [0.25, 0.3) is 27.0 Å². The molecular weight excluding hydrogens is 362 g/mol. The number of para-hydroxylation sites is 1. The van der Waals surface area contributed by atoms with Crippen molar-refractivity contribution in [2.45, 2.75) is 5.16 Å². The Kier molecular flexibility index (Phi) is 4.57. The van der Waals surface area contributed by atoms with E-state index in [0.717, 1.165) is 16.8 Å². The number of benzene rings is 2. The molecule has 0 N–H and O–H groups in total. The first-order valence-corrected chi connectivity index (χ1v) is 9.81. The van der Waals surface area contributed by atoms with Crippen LogP contribution in [0.1, 0.15) is 0 Å². The standard InChI is InChI=1S/C20H13N3OS2/c21-11-12-25-20-22-18-17(16(13-26-18)14-7-3-1-4-8-14)19(24)23(20)15-9-5-2-6-10-15/h1-10,13H,12H2. The normalized spacial score (nSPS) is 10.7. The Labute approximate surface area is 158 Å². The summed E-state index contributed by atoms with van der Waals surface area (Å²) in [7, 11) is 0. The summed E-state index contributed by atoms with van der Waals surface area (Å²) in [6, 6.07) is 21.4. The minimum absolute atomic E-state index is 0.109. The fourth-order valence-electron chi connectivity index (χ4n) is 2.80. The van der Waals surface area contributed by atoms with Crippen molar-refractivity contribution in [2.24, 2.45) is 0 Å². The zero-order valence-electron chi connectivity index (χ0n) is 13.6. The molecule has 0 amide bonds. The van der Waals surface area contributed by atoms with Gasteiger partial charge in [0.1, 0.15) is 4.83 Å². The molecule has 0 radical (unpaired) electrons. The van der Waals surface area contributed by atoms with E-state index in [0.29, 0.717) is 15.4 Å². The summed E-state index contributed by atoms with van der Waals surface area (Å²) in [6.45, 7) is 0. The van der Waals surface area contributed by atoms with Gasteiger partial charge in [-0.3, -0.25) is 9.36 Å². The third-order valence-corrected chi connectivity index (χ3v) is 5.62. The molecule has 6 heteroatoms. The average molecular weight is 375 g/mol. The molecule has 0 bridgehead atoms. The van der Waals surface area contributed by atoms with E-state index in [1.54, 1.807) is 4.57 Å². The van der Waals surface area contributed by atoms with Gasteiger partial charge < -0.3 is 0 Å². The number of thiophene rings is 1. The zero-order chi connectivity index (χ0) is 17.9. The number of nitrogens with zero attached hydrogens (tertiary/aromatic N) is 3. The van der Waals surface area contributed by atoms with Crippen LogP contribution < -0.4 is 5.56 Å². The van der Waals surface area contributed by atoms with Crippen molar-refractivity contribution in [3.8, 4) is 22.9 Å². The van der Waals surface area contributed by atoms with Crippen molar-refractivity contribution >= 4 is 33.3 Å². The Morgan fingerprint density at radius 3 is 2.46 bits per heavy atom. The molecule has 0 saturated carbocycles. The van der Waals surface area contributed by atoms with Gasteiger partial charge in [-0.05, 0) is 17.7 Å². The average Bonchev–Trinajstić information content (AvgIpc) is 3.12. The molecule has 2 heterocycles. The fraction of sp³-hybridized carbons (Fsp3) is 0.0500. The van der Waals surface area contributed by atoms with Gasteiger partial charge in [0.15, 0.2) is 5.16 Å². The highest BCUT2D eigenvalue weighted by atomic mass is 32.2. The van der Waals surface area contributed by atoms with E-state index < -0.39 is 0 Å². The molecule has 4 rings (SSSR count). The summed E-state index contributed by atoms with van der Waals surface area (Å²) in [5, 5.41) is 12.1. The number of aromatic nitrogens is 2. The lowest BCUT2D eigenvalue weighted by atomic mass is 10.1. The van der Waals surface area contributed by atoms with Crippen LogP contribution in [-0.4, -0.2) is 15.3 Å². The first-order chi connectivity index (χ1) is 12.8. The Bertz CT molecular complexity index is 1160. The lowest BCUT2D eigenvalue weighted by Crippen LogP contribution is -2.21. The molecule has 4 nitrogen and oxygen atoms in total. The van der Waals surface area contributed by atoms with Crippen LogP contribution in [0.3, 0.4) is 0 Å². The highest BCUT2D eigenvalue weighted by Gasteiger charge is 2.18. The monoisotopic (exact) mass is 375 g/mol. The highest BCUT2D eigenvalue weighted by Crippen LogP contribution is 2.32. The lowest BCUT2D eigenvalue weighted by molar-refractivity contribution is 0.824. The van der Waals surface area contributed by atoms with Crippen molar-refractivity contribution in [3.63, 3.8) is 0 Å². The van der Waals surface area contributed by atoms with Gasteiger partial charge in [-0.15, -0.1) is 11.3 Å². The van der Waals surface area contributed by atoms with Crippen LogP contribution in [0.2, 0.25) is 0 Å². The fourth-order valence-corrected chi connectivity index (χ4v) is 4.46. The first-order valence-electron chi connectivity index (χ1n) is 7.94. The van der Waals surface area contributed by atoms with Crippen LogP contribution in [0.4, 0.5) is 0 Å². The molecule has 2 aromatic carbocycles. The predicted octanol–water partition coefficient (Wildman–Crippen LogP) is 4.73. The Hall–Kier alpha value is -2.88. The Morgan fingerprint density at radius 2 is 1.77 bits per heavy atom. The SMILES string of the molecule is N#CCSc1nc2scc(-c3ccccc3)c2c(=O)n1-c1ccccc1. The molecule has 0 aliphatic rings. The quantitative estimate of drug-likeness (QED) is 0.382. The highest BCUT2D eigenvalue weighted by molar-refractivity contribution is 7.99. The Balaban J connectivity index is 2.02. The summed E-state index contributed by atoms with van der Waals surface area (Å²) in [5.41, 5.74) is 2.53. The lowest BCUT2D eigenvalue weighted by Gasteiger charge is -2.11. The second-order valence-electron chi connectivity index (χ2n) is 5.51. The molecule has 0 fully saturated rings. The number of fused-ring (bicyclic) bond motifs is 1. The molecule has 2 aromatic heterocycles. The first kappa shape index (κ1) is 16.6. The van der Waals surface area contributed by atoms with Crippen LogP contribution in [0, 0.1) is 11.3 Å². The van der Waals surface area contributed by atoms with Gasteiger partial charge >= 0.3 is 0 Å². The van der Waals surface area contributed by atoms with E-state index in [1.165, 1.54) is 23.1 Å². The van der Waals surface area contributed by atoms with E-state index in [9.17, 15) is 4.79 Å². The second kappa shape index (κ2) is 7.16. The minimum atomic E-state index is -0.109. The summed E-state index contributed by atoms with van der Waals surface area (Å²) in [6.07, 6.45) is 0. The maximum atomic E-state index is 13.4. The molecule has 126 valence electrons. The molecular formula is C20H13N3OS2. The largest absolute Gasteiger partial charge is 0.268 e. The van der Waals surface area contributed by atoms with Gasteiger partial charge in [0.25, 0.3) is 5.56 Å². The van der Waals surface area contributed by atoms with Gasteiger partial charge in [0.2, 0.25) is 0 Å². The van der Waals surface area contributed by atoms with E-state index in [-0.39, 0.29) is 11.3 Å². The molecule has 0 saturated heterocycles. The van der Waals surface area contributed by atoms with Crippen molar-refractivity contribution in [3.05, 3.63) is 76.4 Å². The number of hydrogen-bond donors (Lipinski definition) is 0.